The first-order valence-corrected chi connectivity index (χ1v) is 12.7. The molecule has 2 aromatic rings. The molecule has 0 saturated heterocycles. The van der Waals surface area contributed by atoms with E-state index in [0.29, 0.717) is 12.0 Å². The van der Waals surface area contributed by atoms with Gasteiger partial charge in [0.25, 0.3) is 0 Å². The first-order valence-electron chi connectivity index (χ1n) is 12.7. The van der Waals surface area contributed by atoms with Gasteiger partial charge in [0.05, 0.1) is 12.1 Å². The number of carbonyl (C=O) groups excluding carboxylic acids is 4. The van der Waals surface area contributed by atoms with Crippen molar-refractivity contribution >= 4 is 40.5 Å². The van der Waals surface area contributed by atoms with Crippen molar-refractivity contribution in [2.45, 2.75) is 76.7 Å². The van der Waals surface area contributed by atoms with E-state index in [1.165, 1.54) is 6.92 Å². The van der Waals surface area contributed by atoms with E-state index in [9.17, 15) is 34.2 Å². The molecule has 5 atom stereocenters. The number of benzene rings is 1. The number of nitrogens with two attached hydrogens (primary N) is 2. The lowest BCUT2D eigenvalue weighted by Gasteiger charge is -2.26. The SMILES string of the molecule is CC(C)CC(N)C(=O)NC(CCC(N)=O)C(=O)NC(Cc1c[nH]c2ccccc12)C(=O)NC(C(=O)O)C(C)O. The zero-order chi connectivity index (χ0) is 29.3. The Bertz CT molecular complexity index is 1180. The molecule has 5 unspecified atom stereocenters. The highest BCUT2D eigenvalue weighted by atomic mass is 16.4. The summed E-state index contributed by atoms with van der Waals surface area (Å²) >= 11 is 0. The van der Waals surface area contributed by atoms with Crippen molar-refractivity contribution in [2.24, 2.45) is 17.4 Å². The molecule has 0 aliphatic rings. The second-order valence-corrected chi connectivity index (χ2v) is 9.99. The molecule has 214 valence electrons. The quantitative estimate of drug-likeness (QED) is 0.142. The molecule has 1 aromatic heterocycles. The van der Waals surface area contributed by atoms with E-state index in [-0.39, 0.29) is 25.2 Å². The Morgan fingerprint density at radius 3 is 2.15 bits per heavy atom. The van der Waals surface area contributed by atoms with Crippen LogP contribution in [0.4, 0.5) is 0 Å². The van der Waals surface area contributed by atoms with Crippen LogP contribution in [0.1, 0.15) is 45.6 Å². The van der Waals surface area contributed by atoms with Gasteiger partial charge in [0.2, 0.25) is 23.6 Å². The summed E-state index contributed by atoms with van der Waals surface area (Å²) in [7, 11) is 0. The lowest BCUT2D eigenvalue weighted by atomic mass is 10.0. The number of para-hydroxylation sites is 1. The summed E-state index contributed by atoms with van der Waals surface area (Å²) in [6.45, 7) is 4.98. The third-order valence-corrected chi connectivity index (χ3v) is 6.15. The fourth-order valence-corrected chi connectivity index (χ4v) is 4.09. The number of H-pyrrole nitrogens is 1. The minimum atomic E-state index is -1.63. The maximum Gasteiger partial charge on any atom is 0.328 e. The van der Waals surface area contributed by atoms with E-state index >= 15 is 0 Å². The number of carboxylic acid groups (broad SMARTS) is 1. The first kappa shape index (κ1) is 31.2. The standard InChI is InChI=1S/C26H38N6O7/c1-13(2)10-17(27)23(35)30-19(8-9-21(28)34)24(36)31-20(25(37)32-22(14(3)33)26(38)39)11-15-12-29-18-7-5-4-6-16(15)18/h4-7,12-14,17,19-20,22,29,33H,8-11,27H2,1-3H3,(H2,28,34)(H,30,35)(H,31,36)(H,32,37)(H,38,39). The van der Waals surface area contributed by atoms with Crippen LogP contribution in [0.25, 0.3) is 10.9 Å². The minimum absolute atomic E-state index is 0.0446. The molecule has 39 heavy (non-hydrogen) atoms. The van der Waals surface area contributed by atoms with Crippen LogP contribution >= 0.6 is 0 Å². The Balaban J connectivity index is 2.33. The maximum absolute atomic E-state index is 13.3. The van der Waals surface area contributed by atoms with Crippen molar-refractivity contribution in [1.29, 1.82) is 0 Å². The topological polar surface area (TPSA) is 230 Å². The molecular formula is C26H38N6O7. The van der Waals surface area contributed by atoms with Gasteiger partial charge < -0.3 is 42.6 Å². The van der Waals surface area contributed by atoms with Gasteiger partial charge in [-0.15, -0.1) is 0 Å². The zero-order valence-electron chi connectivity index (χ0n) is 22.3. The fourth-order valence-electron chi connectivity index (χ4n) is 4.09. The fraction of sp³-hybridized carbons (Fsp3) is 0.500. The monoisotopic (exact) mass is 546 g/mol. The summed E-state index contributed by atoms with van der Waals surface area (Å²) in [5, 5.41) is 27.4. The largest absolute Gasteiger partial charge is 0.480 e. The molecule has 0 radical (unpaired) electrons. The molecule has 0 bridgehead atoms. The first-order chi connectivity index (χ1) is 18.3. The van der Waals surface area contributed by atoms with E-state index in [1.54, 1.807) is 12.3 Å². The van der Waals surface area contributed by atoms with E-state index < -0.39 is 59.9 Å². The number of aromatic amines is 1. The molecular weight excluding hydrogens is 508 g/mol. The van der Waals surface area contributed by atoms with Crippen molar-refractivity contribution in [3.8, 4) is 0 Å². The average Bonchev–Trinajstić information content (AvgIpc) is 3.26. The van der Waals surface area contributed by atoms with Gasteiger partial charge in [-0.3, -0.25) is 19.2 Å². The molecule has 10 N–H and O–H groups in total. The van der Waals surface area contributed by atoms with E-state index in [2.05, 4.69) is 20.9 Å². The number of nitrogens with one attached hydrogen (secondary N) is 4. The second kappa shape index (κ2) is 14.3. The van der Waals surface area contributed by atoms with Gasteiger partial charge in [0.15, 0.2) is 6.04 Å². The van der Waals surface area contributed by atoms with Crippen molar-refractivity contribution in [3.63, 3.8) is 0 Å². The highest BCUT2D eigenvalue weighted by Crippen LogP contribution is 2.19. The third-order valence-electron chi connectivity index (χ3n) is 6.15. The number of hydrogen-bond acceptors (Lipinski definition) is 7. The van der Waals surface area contributed by atoms with Gasteiger partial charge in [-0.05, 0) is 37.3 Å². The van der Waals surface area contributed by atoms with E-state index in [0.717, 1.165) is 10.9 Å². The number of aliphatic hydroxyl groups is 1. The van der Waals surface area contributed by atoms with Crippen LogP contribution in [0.2, 0.25) is 0 Å². The van der Waals surface area contributed by atoms with Crippen molar-refractivity contribution in [3.05, 3.63) is 36.0 Å². The number of amides is 4. The maximum atomic E-state index is 13.3. The third kappa shape index (κ3) is 9.37. The number of hydrogen-bond donors (Lipinski definition) is 8. The number of rotatable bonds is 15. The molecule has 1 heterocycles. The Hall–Kier alpha value is -3.97. The van der Waals surface area contributed by atoms with Crippen LogP contribution < -0.4 is 27.4 Å². The van der Waals surface area contributed by atoms with Gasteiger partial charge in [0, 0.05) is 29.9 Å². The second-order valence-electron chi connectivity index (χ2n) is 9.99. The predicted octanol–water partition coefficient (Wildman–Crippen LogP) is -0.731. The summed E-state index contributed by atoms with van der Waals surface area (Å²) < 4.78 is 0. The van der Waals surface area contributed by atoms with Crippen molar-refractivity contribution in [2.75, 3.05) is 0 Å². The molecule has 1 aromatic carbocycles. The van der Waals surface area contributed by atoms with Gasteiger partial charge in [-0.25, -0.2) is 4.79 Å². The Morgan fingerprint density at radius 2 is 1.56 bits per heavy atom. The average molecular weight is 547 g/mol. The summed E-state index contributed by atoms with van der Waals surface area (Å²) in [4.78, 5) is 65.2. The van der Waals surface area contributed by atoms with Crippen LogP contribution in [0.5, 0.6) is 0 Å². The van der Waals surface area contributed by atoms with Gasteiger partial charge in [-0.1, -0.05) is 32.0 Å². The molecule has 2 rings (SSSR count). The Kier molecular flexibility index (Phi) is 11.4. The summed E-state index contributed by atoms with van der Waals surface area (Å²) in [6.07, 6.45) is 0.196. The molecule has 0 aliphatic carbocycles. The Labute approximate surface area is 226 Å². The van der Waals surface area contributed by atoms with Crippen molar-refractivity contribution < 1.29 is 34.2 Å². The molecule has 13 nitrogen and oxygen atoms in total. The number of aliphatic hydroxyl groups excluding tert-OH is 1. The molecule has 0 fully saturated rings. The summed E-state index contributed by atoms with van der Waals surface area (Å²) in [5.41, 5.74) is 12.6. The number of fused-ring (bicyclic) bond motifs is 1. The number of aromatic nitrogens is 1. The van der Waals surface area contributed by atoms with Crippen LogP contribution in [0, 0.1) is 5.92 Å². The van der Waals surface area contributed by atoms with E-state index in [4.69, 9.17) is 11.5 Å². The number of primary amides is 1. The number of carboxylic acids is 1. The number of aliphatic carboxylic acids is 1. The molecule has 0 saturated carbocycles. The van der Waals surface area contributed by atoms with Crippen LogP contribution in [-0.4, -0.2) is 75.1 Å². The summed E-state index contributed by atoms with van der Waals surface area (Å²) in [6, 6.07) is 2.21. The highest BCUT2D eigenvalue weighted by molar-refractivity contribution is 5.95. The van der Waals surface area contributed by atoms with Crippen LogP contribution in [0.15, 0.2) is 30.5 Å². The summed E-state index contributed by atoms with van der Waals surface area (Å²) in [5.74, 6) is -4.29. The molecule has 4 amide bonds. The lowest BCUT2D eigenvalue weighted by molar-refractivity contribution is -0.145. The Morgan fingerprint density at radius 1 is 0.949 bits per heavy atom. The highest BCUT2D eigenvalue weighted by Gasteiger charge is 2.32. The zero-order valence-corrected chi connectivity index (χ0v) is 22.3. The predicted molar refractivity (Wildman–Crippen MR) is 143 cm³/mol. The van der Waals surface area contributed by atoms with Crippen LogP contribution in [-0.2, 0) is 30.4 Å². The van der Waals surface area contributed by atoms with E-state index in [1.807, 2.05) is 32.0 Å². The van der Waals surface area contributed by atoms with Crippen LogP contribution in [0.3, 0.4) is 0 Å². The normalized spacial score (nSPS) is 15.1. The van der Waals surface area contributed by atoms with Gasteiger partial charge >= 0.3 is 5.97 Å². The molecule has 13 heteroatoms. The van der Waals surface area contributed by atoms with Crippen molar-refractivity contribution in [1.82, 2.24) is 20.9 Å². The smallest absolute Gasteiger partial charge is 0.328 e. The molecule has 0 spiro atoms. The van der Waals surface area contributed by atoms with Gasteiger partial charge in [0.1, 0.15) is 12.1 Å². The van der Waals surface area contributed by atoms with Gasteiger partial charge in [-0.2, -0.15) is 0 Å². The molecule has 0 aliphatic heterocycles. The lowest BCUT2D eigenvalue weighted by Crippen LogP contribution is -2.58. The minimum Gasteiger partial charge on any atom is -0.480 e. The number of carbonyl (C=O) groups is 5.